The van der Waals surface area contributed by atoms with Gasteiger partial charge >= 0.3 is 0 Å². The third kappa shape index (κ3) is 2.33. The Labute approximate surface area is 114 Å². The lowest BCUT2D eigenvalue weighted by Gasteiger charge is -2.38. The molecule has 108 valence electrons. The maximum absolute atomic E-state index is 14.0. The maximum Gasteiger partial charge on any atom is 0.272 e. The van der Waals surface area contributed by atoms with Crippen molar-refractivity contribution >= 4 is 11.4 Å². The van der Waals surface area contributed by atoms with Gasteiger partial charge in [-0.25, -0.2) is 8.78 Å². The minimum Gasteiger partial charge on any atom is -0.366 e. The van der Waals surface area contributed by atoms with Crippen molar-refractivity contribution in [3.05, 3.63) is 34.1 Å². The molecule has 7 heteroatoms. The molecule has 0 spiro atoms. The molecule has 20 heavy (non-hydrogen) atoms. The van der Waals surface area contributed by atoms with Gasteiger partial charge in [-0.05, 0) is 12.5 Å². The Morgan fingerprint density at radius 2 is 2.10 bits per heavy atom. The van der Waals surface area contributed by atoms with E-state index in [1.165, 1.54) is 12.1 Å². The molecule has 0 aliphatic carbocycles. The van der Waals surface area contributed by atoms with Gasteiger partial charge in [0, 0.05) is 38.3 Å². The number of benzene rings is 1. The van der Waals surface area contributed by atoms with Crippen LogP contribution in [0.2, 0.25) is 0 Å². The third-order valence-corrected chi connectivity index (χ3v) is 4.05. The third-order valence-electron chi connectivity index (χ3n) is 4.05. The number of fused-ring (bicyclic) bond motifs is 1. The van der Waals surface area contributed by atoms with Crippen LogP contribution in [0.5, 0.6) is 0 Å². The normalized spacial score (nSPS) is 26.6. The molecule has 0 saturated carbocycles. The van der Waals surface area contributed by atoms with Gasteiger partial charge in [0.15, 0.2) is 5.82 Å². The number of piperazine rings is 1. The van der Waals surface area contributed by atoms with Crippen LogP contribution in [0, 0.1) is 15.9 Å². The predicted octanol–water partition coefficient (Wildman–Crippen LogP) is 1.97. The van der Waals surface area contributed by atoms with Gasteiger partial charge in [0.1, 0.15) is 6.17 Å². The molecule has 3 rings (SSSR count). The molecule has 2 atom stereocenters. The Morgan fingerprint density at radius 3 is 2.80 bits per heavy atom. The van der Waals surface area contributed by atoms with E-state index in [1.807, 2.05) is 4.90 Å². The summed E-state index contributed by atoms with van der Waals surface area (Å²) in [5, 5.41) is 10.6. The van der Waals surface area contributed by atoms with Crippen LogP contribution >= 0.6 is 0 Å². The fourth-order valence-electron chi connectivity index (χ4n) is 3.07. The summed E-state index contributed by atoms with van der Waals surface area (Å²) in [5.74, 6) is -0.595. The molecule has 2 aliphatic heterocycles. The summed E-state index contributed by atoms with van der Waals surface area (Å²) in [6.45, 7) is 2.33. The smallest absolute Gasteiger partial charge is 0.272 e. The van der Waals surface area contributed by atoms with Gasteiger partial charge in [-0.3, -0.25) is 15.0 Å². The molecule has 5 nitrogen and oxygen atoms in total. The number of nitro benzene ring substituents is 1. The Kier molecular flexibility index (Phi) is 3.29. The monoisotopic (exact) mass is 283 g/mol. The molecule has 1 aromatic carbocycles. The van der Waals surface area contributed by atoms with Crippen molar-refractivity contribution in [3.63, 3.8) is 0 Å². The largest absolute Gasteiger partial charge is 0.366 e. The van der Waals surface area contributed by atoms with E-state index in [2.05, 4.69) is 4.90 Å². The summed E-state index contributed by atoms with van der Waals surface area (Å²) in [6, 6.07) is 3.78. The van der Waals surface area contributed by atoms with Gasteiger partial charge in [0.25, 0.3) is 5.69 Å². The minimum atomic E-state index is -0.804. The first-order valence-electron chi connectivity index (χ1n) is 6.61. The van der Waals surface area contributed by atoms with Crippen molar-refractivity contribution in [3.8, 4) is 0 Å². The van der Waals surface area contributed by atoms with Crippen LogP contribution in [0.25, 0.3) is 0 Å². The summed E-state index contributed by atoms with van der Waals surface area (Å²) >= 11 is 0. The zero-order chi connectivity index (χ0) is 14.3. The minimum absolute atomic E-state index is 0.105. The summed E-state index contributed by atoms with van der Waals surface area (Å²) in [6.07, 6.45) is -0.327. The van der Waals surface area contributed by atoms with Crippen LogP contribution in [0.15, 0.2) is 18.2 Å². The number of halogens is 2. The van der Waals surface area contributed by atoms with Crippen LogP contribution in [0.1, 0.15) is 6.42 Å². The number of non-ortho nitro benzene ring substituents is 1. The first-order chi connectivity index (χ1) is 9.54. The van der Waals surface area contributed by atoms with Crippen LogP contribution in [-0.4, -0.2) is 48.2 Å². The molecule has 2 saturated heterocycles. The maximum atomic E-state index is 14.0. The Hall–Kier alpha value is -1.76. The second-order valence-electron chi connectivity index (χ2n) is 5.32. The second-order valence-corrected chi connectivity index (χ2v) is 5.32. The van der Waals surface area contributed by atoms with Crippen molar-refractivity contribution in [1.29, 1.82) is 0 Å². The molecule has 2 fully saturated rings. The lowest BCUT2D eigenvalue weighted by Crippen LogP contribution is -2.50. The van der Waals surface area contributed by atoms with Crippen molar-refractivity contribution < 1.29 is 13.7 Å². The predicted molar refractivity (Wildman–Crippen MR) is 70.1 cm³/mol. The number of nitrogens with zero attached hydrogens (tertiary/aromatic N) is 3. The molecular formula is C13H15F2N3O2. The van der Waals surface area contributed by atoms with Crippen molar-refractivity contribution in [2.45, 2.75) is 18.6 Å². The molecule has 0 unspecified atom stereocenters. The van der Waals surface area contributed by atoms with Crippen molar-refractivity contribution in [1.82, 2.24) is 4.90 Å². The highest BCUT2D eigenvalue weighted by molar-refractivity contribution is 5.53. The summed E-state index contributed by atoms with van der Waals surface area (Å²) in [4.78, 5) is 13.9. The van der Waals surface area contributed by atoms with Crippen LogP contribution < -0.4 is 4.90 Å². The standard InChI is InChI=1S/C13H15F2N3O2/c14-9-5-11-8-17(4-3-16(11)7-9)13-2-1-10(18(19)20)6-12(13)15/h1-2,6,9,11H,3-5,7-8H2/t9-,11-/m0/s1. The SMILES string of the molecule is O=[N+]([O-])c1ccc(N2CCN3C[C@@H](F)C[C@H]3C2)c(F)c1. The highest BCUT2D eigenvalue weighted by Crippen LogP contribution is 2.29. The molecular weight excluding hydrogens is 268 g/mol. The fraction of sp³-hybridized carbons (Fsp3) is 0.538. The quantitative estimate of drug-likeness (QED) is 0.615. The summed E-state index contributed by atoms with van der Waals surface area (Å²) in [5.41, 5.74) is 0.104. The highest BCUT2D eigenvalue weighted by Gasteiger charge is 2.36. The zero-order valence-corrected chi connectivity index (χ0v) is 10.8. The zero-order valence-electron chi connectivity index (χ0n) is 10.8. The van der Waals surface area contributed by atoms with E-state index >= 15 is 0 Å². The van der Waals surface area contributed by atoms with Gasteiger partial charge in [-0.1, -0.05) is 0 Å². The molecule has 0 amide bonds. The van der Waals surface area contributed by atoms with Gasteiger partial charge in [-0.2, -0.15) is 0 Å². The lowest BCUT2D eigenvalue weighted by atomic mass is 10.1. The van der Waals surface area contributed by atoms with E-state index in [0.717, 1.165) is 6.07 Å². The van der Waals surface area contributed by atoms with E-state index in [1.54, 1.807) is 0 Å². The summed E-state index contributed by atoms with van der Waals surface area (Å²) < 4.78 is 27.3. The number of rotatable bonds is 2. The number of alkyl halides is 1. The summed E-state index contributed by atoms with van der Waals surface area (Å²) in [7, 11) is 0. The number of nitro groups is 1. The van der Waals surface area contributed by atoms with E-state index in [0.29, 0.717) is 38.3 Å². The molecule has 2 heterocycles. The topological polar surface area (TPSA) is 49.6 Å². The molecule has 2 aliphatic rings. The number of hydrogen-bond acceptors (Lipinski definition) is 4. The average molecular weight is 283 g/mol. The van der Waals surface area contributed by atoms with Gasteiger partial charge in [-0.15, -0.1) is 0 Å². The molecule has 0 aromatic heterocycles. The Bertz CT molecular complexity index is 540. The number of hydrogen-bond donors (Lipinski definition) is 0. The fourth-order valence-corrected chi connectivity index (χ4v) is 3.07. The molecule has 0 radical (unpaired) electrons. The average Bonchev–Trinajstić information content (AvgIpc) is 2.77. The van der Waals surface area contributed by atoms with Crippen LogP contribution in [0.4, 0.5) is 20.2 Å². The highest BCUT2D eigenvalue weighted by atomic mass is 19.1. The van der Waals surface area contributed by atoms with E-state index in [4.69, 9.17) is 0 Å². The van der Waals surface area contributed by atoms with Crippen molar-refractivity contribution in [2.75, 3.05) is 31.1 Å². The Balaban J connectivity index is 1.78. The first kappa shape index (κ1) is 13.2. The first-order valence-corrected chi connectivity index (χ1v) is 6.61. The molecule has 0 bridgehead atoms. The number of anilines is 1. The Morgan fingerprint density at radius 1 is 1.30 bits per heavy atom. The van der Waals surface area contributed by atoms with Gasteiger partial charge < -0.3 is 4.90 Å². The van der Waals surface area contributed by atoms with E-state index in [-0.39, 0.29) is 11.7 Å². The molecule has 0 N–H and O–H groups in total. The van der Waals surface area contributed by atoms with E-state index in [9.17, 15) is 18.9 Å². The second kappa shape index (κ2) is 4.97. The van der Waals surface area contributed by atoms with Crippen LogP contribution in [0.3, 0.4) is 0 Å². The van der Waals surface area contributed by atoms with Crippen molar-refractivity contribution in [2.24, 2.45) is 0 Å². The van der Waals surface area contributed by atoms with Gasteiger partial charge in [0.2, 0.25) is 0 Å². The molecule has 1 aromatic rings. The van der Waals surface area contributed by atoms with Gasteiger partial charge in [0.05, 0.1) is 16.7 Å². The van der Waals surface area contributed by atoms with Crippen LogP contribution in [-0.2, 0) is 0 Å². The van der Waals surface area contributed by atoms with E-state index < -0.39 is 16.9 Å². The lowest BCUT2D eigenvalue weighted by molar-refractivity contribution is -0.385.